The Morgan fingerprint density at radius 2 is 2.00 bits per heavy atom. The molecule has 0 bridgehead atoms. The van der Waals surface area contributed by atoms with E-state index in [1.54, 1.807) is 0 Å². The molecule has 0 unspecified atom stereocenters. The van der Waals surface area contributed by atoms with Gasteiger partial charge in [0.25, 0.3) is 5.69 Å². The van der Waals surface area contributed by atoms with E-state index in [1.807, 2.05) is 4.72 Å². The third-order valence-electron chi connectivity index (χ3n) is 2.62. The summed E-state index contributed by atoms with van der Waals surface area (Å²) in [6.45, 7) is 2.95. The number of carbonyl (C=O) groups is 1. The van der Waals surface area contributed by atoms with E-state index in [2.05, 4.69) is 0 Å². The number of hydrogen-bond acceptors (Lipinski definition) is 5. The third-order valence-corrected chi connectivity index (χ3v) is 4.11. The Morgan fingerprint density at radius 3 is 2.43 bits per heavy atom. The first-order valence-electron chi connectivity index (χ1n) is 5.75. The summed E-state index contributed by atoms with van der Waals surface area (Å²) in [5, 5.41) is 19.8. The Labute approximate surface area is 119 Å². The molecular formula is C11H13FN2O6S. The fourth-order valence-corrected chi connectivity index (χ4v) is 3.05. The van der Waals surface area contributed by atoms with Crippen LogP contribution in [0.5, 0.6) is 0 Å². The number of hydrogen-bond donors (Lipinski definition) is 2. The van der Waals surface area contributed by atoms with E-state index >= 15 is 0 Å². The SMILES string of the molecule is CC(C)[C@H](NS(=O)(=O)c1ccc(F)cc1[N+](=O)[O-])C(=O)O. The second kappa shape index (κ2) is 6.14. The highest BCUT2D eigenvalue weighted by Gasteiger charge is 2.32. The van der Waals surface area contributed by atoms with E-state index in [9.17, 15) is 27.7 Å². The van der Waals surface area contributed by atoms with Crippen LogP contribution in [0.3, 0.4) is 0 Å². The molecule has 0 aliphatic rings. The maximum atomic E-state index is 13.0. The van der Waals surface area contributed by atoms with Crippen molar-refractivity contribution < 1.29 is 27.6 Å². The molecular weight excluding hydrogens is 307 g/mol. The van der Waals surface area contributed by atoms with Gasteiger partial charge in [0.1, 0.15) is 11.9 Å². The van der Waals surface area contributed by atoms with Crippen LogP contribution < -0.4 is 4.72 Å². The van der Waals surface area contributed by atoms with Gasteiger partial charge < -0.3 is 5.11 Å². The second-order valence-electron chi connectivity index (χ2n) is 4.55. The highest BCUT2D eigenvalue weighted by Crippen LogP contribution is 2.25. The van der Waals surface area contributed by atoms with Gasteiger partial charge in [-0.05, 0) is 18.1 Å². The van der Waals surface area contributed by atoms with Crippen LogP contribution in [0, 0.1) is 21.8 Å². The third kappa shape index (κ3) is 3.95. The summed E-state index contributed by atoms with van der Waals surface area (Å²) in [6, 6.07) is 0.459. The molecule has 0 aromatic heterocycles. The molecule has 1 rings (SSSR count). The fourth-order valence-electron chi connectivity index (χ4n) is 1.56. The van der Waals surface area contributed by atoms with Gasteiger partial charge in [-0.3, -0.25) is 14.9 Å². The number of nitro groups is 1. The van der Waals surface area contributed by atoms with Crippen molar-refractivity contribution in [1.82, 2.24) is 4.72 Å². The first kappa shape index (κ1) is 17.0. The topological polar surface area (TPSA) is 127 Å². The molecule has 0 spiro atoms. The maximum Gasteiger partial charge on any atom is 0.322 e. The predicted octanol–water partition coefficient (Wildman–Crippen LogP) is 1.12. The van der Waals surface area contributed by atoms with Gasteiger partial charge in [0.15, 0.2) is 4.90 Å². The van der Waals surface area contributed by atoms with Crippen molar-refractivity contribution in [2.24, 2.45) is 5.92 Å². The van der Waals surface area contributed by atoms with Gasteiger partial charge in [-0.25, -0.2) is 12.8 Å². The first-order chi connectivity index (χ1) is 9.56. The van der Waals surface area contributed by atoms with Gasteiger partial charge in [-0.2, -0.15) is 4.72 Å². The number of halogens is 1. The maximum absolute atomic E-state index is 13.0. The van der Waals surface area contributed by atoms with Crippen LogP contribution in [0.1, 0.15) is 13.8 Å². The van der Waals surface area contributed by atoms with Crippen LogP contribution in [0.25, 0.3) is 0 Å². The van der Waals surface area contributed by atoms with Gasteiger partial charge in [-0.1, -0.05) is 13.8 Å². The lowest BCUT2D eigenvalue weighted by atomic mass is 10.1. The van der Waals surface area contributed by atoms with Gasteiger partial charge in [0.05, 0.1) is 11.0 Å². The van der Waals surface area contributed by atoms with E-state index < -0.39 is 49.3 Å². The largest absolute Gasteiger partial charge is 0.480 e. The lowest BCUT2D eigenvalue weighted by molar-refractivity contribution is -0.388. The number of carboxylic acids is 1. The van der Waals surface area contributed by atoms with Crippen molar-refractivity contribution in [3.05, 3.63) is 34.1 Å². The number of aliphatic carboxylic acids is 1. The van der Waals surface area contributed by atoms with Crippen molar-refractivity contribution in [2.75, 3.05) is 0 Å². The molecule has 2 N–H and O–H groups in total. The summed E-state index contributed by atoms with van der Waals surface area (Å²) in [5.41, 5.74) is -0.963. The summed E-state index contributed by atoms with van der Waals surface area (Å²) in [4.78, 5) is 20.0. The Hall–Kier alpha value is -2.07. The summed E-state index contributed by atoms with van der Waals surface area (Å²) < 4.78 is 39.0. The minimum absolute atomic E-state index is 0.458. The number of rotatable bonds is 6. The minimum Gasteiger partial charge on any atom is -0.480 e. The quantitative estimate of drug-likeness (QED) is 0.597. The molecule has 0 heterocycles. The van der Waals surface area contributed by atoms with Crippen molar-refractivity contribution in [3.63, 3.8) is 0 Å². The Morgan fingerprint density at radius 1 is 1.43 bits per heavy atom. The zero-order chi connectivity index (χ0) is 16.4. The summed E-state index contributed by atoms with van der Waals surface area (Å²) in [7, 11) is -4.48. The van der Waals surface area contributed by atoms with Crippen molar-refractivity contribution in [3.8, 4) is 0 Å². The molecule has 0 saturated carbocycles. The zero-order valence-electron chi connectivity index (χ0n) is 11.1. The highest BCUT2D eigenvalue weighted by molar-refractivity contribution is 7.89. The van der Waals surface area contributed by atoms with Crippen LogP contribution in [0.2, 0.25) is 0 Å². The average molecular weight is 320 g/mol. The highest BCUT2D eigenvalue weighted by atomic mass is 32.2. The molecule has 0 amide bonds. The molecule has 10 heteroatoms. The molecule has 0 aliphatic heterocycles. The normalized spacial score (nSPS) is 13.1. The molecule has 0 fully saturated rings. The average Bonchev–Trinajstić information content (AvgIpc) is 2.34. The zero-order valence-corrected chi connectivity index (χ0v) is 11.9. The van der Waals surface area contributed by atoms with E-state index in [-0.39, 0.29) is 0 Å². The number of nitrogens with one attached hydrogen (secondary N) is 1. The Kier molecular flexibility index (Phi) is 4.97. The van der Waals surface area contributed by atoms with Crippen molar-refractivity contribution >= 4 is 21.7 Å². The summed E-state index contributed by atoms with van der Waals surface area (Å²) in [6.07, 6.45) is 0. The smallest absolute Gasteiger partial charge is 0.322 e. The van der Waals surface area contributed by atoms with Gasteiger partial charge in [-0.15, -0.1) is 0 Å². The van der Waals surface area contributed by atoms with Crippen LogP contribution in [0.15, 0.2) is 23.1 Å². The standard InChI is InChI=1S/C11H13FN2O6S/c1-6(2)10(11(15)16)13-21(19,20)9-4-3-7(12)5-8(9)14(17)18/h3-6,10,13H,1-2H3,(H,15,16)/t10-/m0/s1. The van der Waals surface area contributed by atoms with E-state index in [1.165, 1.54) is 13.8 Å². The van der Waals surface area contributed by atoms with Crippen molar-refractivity contribution in [2.45, 2.75) is 24.8 Å². The fraction of sp³-hybridized carbons (Fsp3) is 0.364. The molecule has 0 radical (unpaired) electrons. The minimum atomic E-state index is -4.48. The molecule has 21 heavy (non-hydrogen) atoms. The van der Waals surface area contributed by atoms with Gasteiger partial charge in [0.2, 0.25) is 10.0 Å². The predicted molar refractivity (Wildman–Crippen MR) is 69.6 cm³/mol. The first-order valence-corrected chi connectivity index (χ1v) is 7.23. The van der Waals surface area contributed by atoms with Crippen LogP contribution in [0.4, 0.5) is 10.1 Å². The number of carboxylic acid groups (broad SMARTS) is 1. The van der Waals surface area contributed by atoms with Crippen LogP contribution in [-0.2, 0) is 14.8 Å². The van der Waals surface area contributed by atoms with Gasteiger partial charge in [0, 0.05) is 0 Å². The Bertz CT molecular complexity index is 673. The van der Waals surface area contributed by atoms with Crippen LogP contribution in [-0.4, -0.2) is 30.5 Å². The Balaban J connectivity index is 3.32. The monoisotopic (exact) mass is 320 g/mol. The van der Waals surface area contributed by atoms with Crippen molar-refractivity contribution in [1.29, 1.82) is 0 Å². The lowest BCUT2D eigenvalue weighted by Crippen LogP contribution is -2.44. The number of nitrogens with zero attached hydrogens (tertiary/aromatic N) is 1. The molecule has 0 aliphatic carbocycles. The number of benzene rings is 1. The van der Waals surface area contributed by atoms with E-state index in [0.29, 0.717) is 6.07 Å². The molecule has 1 atom stereocenters. The van der Waals surface area contributed by atoms with Crippen LogP contribution >= 0.6 is 0 Å². The molecule has 1 aromatic rings. The van der Waals surface area contributed by atoms with E-state index in [0.717, 1.165) is 12.1 Å². The summed E-state index contributed by atoms with van der Waals surface area (Å²) in [5.74, 6) is -2.98. The molecule has 8 nitrogen and oxygen atoms in total. The summed E-state index contributed by atoms with van der Waals surface area (Å²) >= 11 is 0. The number of sulfonamides is 1. The van der Waals surface area contributed by atoms with Gasteiger partial charge >= 0.3 is 5.97 Å². The molecule has 1 aromatic carbocycles. The lowest BCUT2D eigenvalue weighted by Gasteiger charge is -2.17. The second-order valence-corrected chi connectivity index (χ2v) is 6.23. The molecule has 116 valence electrons. The number of nitro benzene ring substituents is 1. The molecule has 0 saturated heterocycles. The van der Waals surface area contributed by atoms with E-state index in [4.69, 9.17) is 5.11 Å².